The number of esters is 1. The number of hydrogen-bond acceptors (Lipinski definition) is 5. The third-order valence-corrected chi connectivity index (χ3v) is 3.88. The molecule has 0 amide bonds. The van der Waals surface area contributed by atoms with Gasteiger partial charge in [0.1, 0.15) is 0 Å². The molecule has 0 aromatic carbocycles. The predicted octanol–water partition coefficient (Wildman–Crippen LogP) is 2.33. The van der Waals surface area contributed by atoms with Gasteiger partial charge in [-0.05, 0) is 0 Å². The van der Waals surface area contributed by atoms with Crippen molar-refractivity contribution in [1.29, 1.82) is 0 Å². The fraction of sp³-hybridized carbons (Fsp3) is 0.125. The molecule has 0 bridgehead atoms. The molecule has 2 aromatic heterocycles. The van der Waals surface area contributed by atoms with Gasteiger partial charge in [0.05, 0.1) is 22.4 Å². The molecule has 3 nitrogen and oxygen atoms in total. The van der Waals surface area contributed by atoms with Crippen LogP contribution in [0.2, 0.25) is 0 Å². The number of nitrogen functional groups attached to an aromatic ring is 1. The molecule has 0 unspecified atom stereocenters. The molecule has 0 aliphatic carbocycles. The maximum absolute atomic E-state index is 11.3. The molecule has 0 atom stereocenters. The molecule has 0 fully saturated rings. The Balaban J connectivity index is 2.68. The average Bonchev–Trinajstić information content (AvgIpc) is 2.68. The summed E-state index contributed by atoms with van der Waals surface area (Å²) in [6.07, 6.45) is 0. The molecule has 5 heteroatoms. The van der Waals surface area contributed by atoms with Gasteiger partial charge in [-0.3, -0.25) is 0 Å². The van der Waals surface area contributed by atoms with E-state index in [2.05, 4.69) is 4.74 Å². The minimum atomic E-state index is -0.323. The maximum atomic E-state index is 11.3. The number of carbonyl (C=O) groups is 1. The summed E-state index contributed by atoms with van der Waals surface area (Å²) >= 11 is 3.06. The van der Waals surface area contributed by atoms with Gasteiger partial charge in [-0.2, -0.15) is 0 Å². The van der Waals surface area contributed by atoms with Crippen LogP contribution < -0.4 is 5.73 Å². The number of rotatable bonds is 1. The molecule has 0 saturated carbocycles. The molecule has 0 radical (unpaired) electrons. The maximum Gasteiger partial charge on any atom is 0.339 e. The second-order valence-electron chi connectivity index (χ2n) is 2.49. The van der Waals surface area contributed by atoms with E-state index in [0.717, 1.165) is 9.40 Å². The third-order valence-electron chi connectivity index (χ3n) is 1.74. The topological polar surface area (TPSA) is 52.3 Å². The van der Waals surface area contributed by atoms with Crippen molar-refractivity contribution in [2.24, 2.45) is 0 Å². The second-order valence-corrected chi connectivity index (χ2v) is 4.51. The van der Waals surface area contributed by atoms with Crippen LogP contribution in [-0.4, -0.2) is 13.1 Å². The number of carbonyl (C=O) groups excluding carboxylic acids is 1. The van der Waals surface area contributed by atoms with E-state index in [1.807, 2.05) is 5.38 Å². The first-order chi connectivity index (χ1) is 6.24. The van der Waals surface area contributed by atoms with E-state index >= 15 is 0 Å². The highest BCUT2D eigenvalue weighted by Crippen LogP contribution is 2.36. The average molecular weight is 213 g/mol. The number of methoxy groups -OCH3 is 1. The first-order valence-electron chi connectivity index (χ1n) is 3.56. The molecule has 2 aromatic rings. The summed E-state index contributed by atoms with van der Waals surface area (Å²) in [4.78, 5) is 11.3. The molecule has 0 spiro atoms. The molecule has 2 heterocycles. The highest BCUT2D eigenvalue weighted by atomic mass is 32.2. The highest BCUT2D eigenvalue weighted by molar-refractivity contribution is 7.37. The van der Waals surface area contributed by atoms with Crippen LogP contribution in [0.25, 0.3) is 9.40 Å². The molecule has 2 rings (SSSR count). The zero-order chi connectivity index (χ0) is 9.42. The minimum absolute atomic E-state index is 0.323. The Morgan fingerprint density at radius 1 is 1.46 bits per heavy atom. The Labute approximate surface area is 82.7 Å². The summed E-state index contributed by atoms with van der Waals surface area (Å²) < 4.78 is 5.71. The van der Waals surface area contributed by atoms with Crippen LogP contribution in [0, 0.1) is 0 Å². The van der Waals surface area contributed by atoms with E-state index in [1.165, 1.54) is 18.4 Å². The lowest BCUT2D eigenvalue weighted by atomic mass is 10.2. The van der Waals surface area contributed by atoms with E-state index in [9.17, 15) is 4.79 Å². The quantitative estimate of drug-likeness (QED) is 0.740. The van der Waals surface area contributed by atoms with E-state index < -0.39 is 0 Å². The van der Waals surface area contributed by atoms with Crippen LogP contribution >= 0.6 is 22.7 Å². The number of thiophene rings is 2. The first-order valence-corrected chi connectivity index (χ1v) is 5.32. The number of fused-ring (bicyclic) bond motifs is 1. The summed E-state index contributed by atoms with van der Waals surface area (Å²) in [5, 5.41) is 4.46. The fourth-order valence-electron chi connectivity index (χ4n) is 1.14. The molecule has 0 aliphatic heterocycles. The largest absolute Gasteiger partial charge is 0.465 e. The molecule has 0 saturated heterocycles. The Hall–Kier alpha value is -1.07. The summed E-state index contributed by atoms with van der Waals surface area (Å²) in [7, 11) is 1.37. The third kappa shape index (κ3) is 1.20. The zero-order valence-electron chi connectivity index (χ0n) is 6.87. The standard InChI is InChI=1S/C8H7NO2S2/c1-11-7(10)4-2-12-8-6(4)5(9)3-13-8/h2-3H,9H2,1H3. The predicted molar refractivity (Wildman–Crippen MR) is 55.5 cm³/mol. The van der Waals surface area contributed by atoms with E-state index in [0.29, 0.717) is 11.3 Å². The Kier molecular flexibility index (Phi) is 1.97. The lowest BCUT2D eigenvalue weighted by Gasteiger charge is -1.95. The van der Waals surface area contributed by atoms with Crippen molar-refractivity contribution in [2.45, 2.75) is 0 Å². The summed E-state index contributed by atoms with van der Waals surface area (Å²) in [6.45, 7) is 0. The SMILES string of the molecule is COC(=O)c1csc2scc(N)c12. The number of anilines is 1. The van der Waals surface area contributed by atoms with Gasteiger partial charge < -0.3 is 10.5 Å². The summed E-state index contributed by atoms with van der Waals surface area (Å²) in [5.41, 5.74) is 6.95. The van der Waals surface area contributed by atoms with Gasteiger partial charge >= 0.3 is 5.97 Å². The second kappa shape index (κ2) is 3.01. The van der Waals surface area contributed by atoms with E-state index in [4.69, 9.17) is 5.73 Å². The van der Waals surface area contributed by atoms with Gasteiger partial charge in [0, 0.05) is 16.1 Å². The van der Waals surface area contributed by atoms with Crippen molar-refractivity contribution in [3.05, 3.63) is 16.3 Å². The Morgan fingerprint density at radius 2 is 2.15 bits per heavy atom. The van der Waals surface area contributed by atoms with Crippen molar-refractivity contribution in [3.8, 4) is 0 Å². The van der Waals surface area contributed by atoms with Crippen LogP contribution in [0.15, 0.2) is 10.8 Å². The van der Waals surface area contributed by atoms with Crippen molar-refractivity contribution in [3.63, 3.8) is 0 Å². The van der Waals surface area contributed by atoms with Crippen molar-refractivity contribution >= 4 is 43.7 Å². The first kappa shape index (κ1) is 8.52. The summed E-state index contributed by atoms with van der Waals surface area (Å²) in [5.74, 6) is -0.323. The molecule has 2 N–H and O–H groups in total. The number of hydrogen-bond donors (Lipinski definition) is 1. The van der Waals surface area contributed by atoms with Gasteiger partial charge in [0.2, 0.25) is 0 Å². The lowest BCUT2D eigenvalue weighted by Crippen LogP contribution is -1.99. The Bertz CT molecular complexity index is 458. The molecule has 0 aliphatic rings. The molecular weight excluding hydrogens is 206 g/mol. The van der Waals surface area contributed by atoms with Gasteiger partial charge in [-0.25, -0.2) is 4.79 Å². The normalized spacial score (nSPS) is 10.5. The number of nitrogens with two attached hydrogens (primary N) is 1. The molecule has 13 heavy (non-hydrogen) atoms. The van der Waals surface area contributed by atoms with Crippen molar-refractivity contribution in [1.82, 2.24) is 0 Å². The monoisotopic (exact) mass is 213 g/mol. The van der Waals surface area contributed by atoms with Gasteiger partial charge in [-0.1, -0.05) is 0 Å². The van der Waals surface area contributed by atoms with E-state index in [1.54, 1.807) is 16.7 Å². The van der Waals surface area contributed by atoms with Crippen LogP contribution in [0.4, 0.5) is 5.69 Å². The van der Waals surface area contributed by atoms with Gasteiger partial charge in [0.25, 0.3) is 0 Å². The van der Waals surface area contributed by atoms with Crippen LogP contribution in [0.3, 0.4) is 0 Å². The highest BCUT2D eigenvalue weighted by Gasteiger charge is 2.15. The number of ether oxygens (including phenoxy) is 1. The van der Waals surface area contributed by atoms with E-state index in [-0.39, 0.29) is 5.97 Å². The van der Waals surface area contributed by atoms with Gasteiger partial charge in [0.15, 0.2) is 0 Å². The van der Waals surface area contributed by atoms with Crippen molar-refractivity contribution in [2.75, 3.05) is 12.8 Å². The lowest BCUT2D eigenvalue weighted by molar-refractivity contribution is 0.0603. The smallest absolute Gasteiger partial charge is 0.339 e. The zero-order valence-corrected chi connectivity index (χ0v) is 8.50. The van der Waals surface area contributed by atoms with Crippen LogP contribution in [-0.2, 0) is 4.74 Å². The Morgan fingerprint density at radius 3 is 2.85 bits per heavy atom. The van der Waals surface area contributed by atoms with Gasteiger partial charge in [-0.15, -0.1) is 22.7 Å². The molecular formula is C8H7NO2S2. The minimum Gasteiger partial charge on any atom is -0.465 e. The van der Waals surface area contributed by atoms with Crippen LogP contribution in [0.1, 0.15) is 10.4 Å². The fourth-order valence-corrected chi connectivity index (χ4v) is 3.13. The van der Waals surface area contributed by atoms with Crippen LogP contribution in [0.5, 0.6) is 0 Å². The summed E-state index contributed by atoms with van der Waals surface area (Å²) in [6, 6.07) is 0. The van der Waals surface area contributed by atoms with Crippen molar-refractivity contribution < 1.29 is 9.53 Å². The molecule has 68 valence electrons.